The molecular formula is C16H21IN4. The Hall–Kier alpha value is -1.37. The highest BCUT2D eigenvalue weighted by Crippen LogP contribution is 2.35. The SMILES string of the molecule is Cc1cc(N2c3ccccc3CCC2C)nc(N)[n+]1C.[I-]. The van der Waals surface area contributed by atoms with E-state index in [0.29, 0.717) is 12.0 Å². The lowest BCUT2D eigenvalue weighted by atomic mass is 9.96. The summed E-state index contributed by atoms with van der Waals surface area (Å²) in [6, 6.07) is 11.1. The maximum absolute atomic E-state index is 6.02. The molecule has 0 fully saturated rings. The normalized spacial score (nSPS) is 17.1. The fourth-order valence-electron chi connectivity index (χ4n) is 2.85. The molecule has 4 nitrogen and oxygen atoms in total. The van der Waals surface area contributed by atoms with Gasteiger partial charge in [0.1, 0.15) is 0 Å². The molecular weight excluding hydrogens is 375 g/mol. The molecule has 2 N–H and O–H groups in total. The fraction of sp³-hybridized carbons (Fsp3) is 0.375. The third-order valence-electron chi connectivity index (χ3n) is 4.21. The molecule has 0 saturated carbocycles. The van der Waals surface area contributed by atoms with E-state index in [2.05, 4.69) is 54.1 Å². The van der Waals surface area contributed by atoms with Crippen molar-refractivity contribution in [1.29, 1.82) is 0 Å². The molecule has 0 amide bonds. The number of fused-ring (bicyclic) bond motifs is 1. The van der Waals surface area contributed by atoms with E-state index in [-0.39, 0.29) is 24.0 Å². The van der Waals surface area contributed by atoms with Crippen molar-refractivity contribution in [1.82, 2.24) is 4.98 Å². The molecule has 1 aliphatic heterocycles. The zero-order chi connectivity index (χ0) is 14.3. The van der Waals surface area contributed by atoms with Crippen molar-refractivity contribution < 1.29 is 28.5 Å². The second-order valence-corrected chi connectivity index (χ2v) is 5.56. The number of halogens is 1. The summed E-state index contributed by atoms with van der Waals surface area (Å²) in [5.41, 5.74) is 9.77. The third kappa shape index (κ3) is 2.84. The standard InChI is InChI=1S/C16H20N4.HI/c1-11-8-9-13-6-4-5-7-14(13)20(11)15-10-12(2)19(3)16(17)18-15;/h4-7,10-11,17H,8-9H2,1-3H3;1H. The van der Waals surface area contributed by atoms with Crippen LogP contribution in [0.25, 0.3) is 0 Å². The van der Waals surface area contributed by atoms with E-state index < -0.39 is 0 Å². The number of nitrogens with two attached hydrogens (primary N) is 1. The Kier molecular flexibility index (Phi) is 4.70. The molecule has 1 aromatic heterocycles. The van der Waals surface area contributed by atoms with Crippen molar-refractivity contribution >= 4 is 17.5 Å². The smallest absolute Gasteiger partial charge is 0.391 e. The van der Waals surface area contributed by atoms with Crippen LogP contribution < -0.4 is 39.2 Å². The lowest BCUT2D eigenvalue weighted by Gasteiger charge is -2.35. The molecule has 2 aromatic rings. The summed E-state index contributed by atoms with van der Waals surface area (Å²) in [5, 5.41) is 0. The monoisotopic (exact) mass is 396 g/mol. The van der Waals surface area contributed by atoms with E-state index in [1.54, 1.807) is 0 Å². The maximum Gasteiger partial charge on any atom is 0.391 e. The lowest BCUT2D eigenvalue weighted by Crippen LogP contribution is -3.00. The first kappa shape index (κ1) is 16.0. The molecule has 5 heteroatoms. The van der Waals surface area contributed by atoms with Crippen LogP contribution >= 0.6 is 0 Å². The fourth-order valence-corrected chi connectivity index (χ4v) is 2.85. The lowest BCUT2D eigenvalue weighted by molar-refractivity contribution is -0.665. The first-order chi connectivity index (χ1) is 9.58. The van der Waals surface area contributed by atoms with E-state index in [1.807, 2.05) is 11.6 Å². The van der Waals surface area contributed by atoms with Gasteiger partial charge in [-0.1, -0.05) is 23.2 Å². The second kappa shape index (κ2) is 6.17. The van der Waals surface area contributed by atoms with Crippen LogP contribution in [-0.2, 0) is 13.5 Å². The average molecular weight is 396 g/mol. The highest BCUT2D eigenvalue weighted by molar-refractivity contribution is 5.66. The molecule has 3 rings (SSSR count). The molecule has 1 aliphatic rings. The van der Waals surface area contributed by atoms with Gasteiger partial charge in [0.25, 0.3) is 0 Å². The summed E-state index contributed by atoms with van der Waals surface area (Å²) in [4.78, 5) is 6.88. The van der Waals surface area contributed by atoms with Crippen LogP contribution in [0.3, 0.4) is 0 Å². The summed E-state index contributed by atoms with van der Waals surface area (Å²) in [7, 11) is 1.94. The van der Waals surface area contributed by atoms with Crippen molar-refractivity contribution in [2.45, 2.75) is 32.7 Å². The Morgan fingerprint density at radius 1 is 1.33 bits per heavy atom. The minimum atomic E-state index is 0. The van der Waals surface area contributed by atoms with Crippen LogP contribution in [0, 0.1) is 6.92 Å². The molecule has 21 heavy (non-hydrogen) atoms. The zero-order valence-electron chi connectivity index (χ0n) is 12.7. The van der Waals surface area contributed by atoms with Gasteiger partial charge in [0, 0.05) is 17.8 Å². The van der Waals surface area contributed by atoms with E-state index in [4.69, 9.17) is 5.73 Å². The van der Waals surface area contributed by atoms with Crippen molar-refractivity contribution in [2.24, 2.45) is 7.05 Å². The topological polar surface area (TPSA) is 46.0 Å². The van der Waals surface area contributed by atoms with E-state index in [0.717, 1.165) is 24.4 Å². The highest BCUT2D eigenvalue weighted by Gasteiger charge is 2.27. The first-order valence-corrected chi connectivity index (χ1v) is 7.08. The molecule has 112 valence electrons. The molecule has 0 radical (unpaired) electrons. The van der Waals surface area contributed by atoms with Gasteiger partial charge >= 0.3 is 5.95 Å². The van der Waals surface area contributed by atoms with Gasteiger partial charge in [-0.15, -0.1) is 0 Å². The molecule has 1 unspecified atom stereocenters. The van der Waals surface area contributed by atoms with E-state index in [1.165, 1.54) is 11.3 Å². The van der Waals surface area contributed by atoms with Crippen LogP contribution in [0.2, 0.25) is 0 Å². The number of aryl methyl sites for hydroxylation is 2. The Morgan fingerprint density at radius 2 is 2.05 bits per heavy atom. The van der Waals surface area contributed by atoms with E-state index >= 15 is 0 Å². The van der Waals surface area contributed by atoms with Gasteiger partial charge in [0.2, 0.25) is 5.82 Å². The second-order valence-electron chi connectivity index (χ2n) is 5.56. The Balaban J connectivity index is 0.00000161. The van der Waals surface area contributed by atoms with Gasteiger partial charge in [0.05, 0.1) is 12.7 Å². The zero-order valence-corrected chi connectivity index (χ0v) is 14.8. The van der Waals surface area contributed by atoms with E-state index in [9.17, 15) is 0 Å². The van der Waals surface area contributed by atoms with Gasteiger partial charge < -0.3 is 28.9 Å². The summed E-state index contributed by atoms with van der Waals surface area (Å²) >= 11 is 0. The van der Waals surface area contributed by atoms with Crippen molar-refractivity contribution in [3.63, 3.8) is 0 Å². The van der Waals surface area contributed by atoms with Crippen LogP contribution in [-0.4, -0.2) is 11.0 Å². The minimum Gasteiger partial charge on any atom is -1.00 e. The quantitative estimate of drug-likeness (QED) is 0.511. The number of benzene rings is 1. The molecule has 0 aliphatic carbocycles. The Bertz CT molecular complexity index is 633. The average Bonchev–Trinajstić information content (AvgIpc) is 2.44. The van der Waals surface area contributed by atoms with Gasteiger partial charge in [-0.3, -0.25) is 5.73 Å². The van der Waals surface area contributed by atoms with Crippen LogP contribution in [0.5, 0.6) is 0 Å². The van der Waals surface area contributed by atoms with Crippen LogP contribution in [0.15, 0.2) is 30.3 Å². The third-order valence-corrected chi connectivity index (χ3v) is 4.21. The molecule has 0 bridgehead atoms. The largest absolute Gasteiger partial charge is 1.00 e. The number of nitrogen functional groups attached to an aromatic ring is 1. The summed E-state index contributed by atoms with van der Waals surface area (Å²) in [6.07, 6.45) is 2.27. The Labute approximate surface area is 143 Å². The number of nitrogens with zero attached hydrogens (tertiary/aromatic N) is 3. The Morgan fingerprint density at radius 3 is 2.76 bits per heavy atom. The van der Waals surface area contributed by atoms with Gasteiger partial charge in [0.15, 0.2) is 0 Å². The highest BCUT2D eigenvalue weighted by atomic mass is 127. The number of hydrogen-bond donors (Lipinski definition) is 1. The summed E-state index contributed by atoms with van der Waals surface area (Å²) in [6.45, 7) is 4.30. The van der Waals surface area contributed by atoms with Crippen molar-refractivity contribution in [2.75, 3.05) is 10.6 Å². The predicted octanol–water partition coefficient (Wildman–Crippen LogP) is -0.726. The van der Waals surface area contributed by atoms with Crippen molar-refractivity contribution in [3.05, 3.63) is 41.6 Å². The predicted molar refractivity (Wildman–Crippen MR) is 80.9 cm³/mol. The van der Waals surface area contributed by atoms with Crippen LogP contribution in [0.1, 0.15) is 24.6 Å². The molecule has 0 saturated heterocycles. The number of aromatic nitrogens is 2. The first-order valence-electron chi connectivity index (χ1n) is 7.08. The van der Waals surface area contributed by atoms with Crippen molar-refractivity contribution in [3.8, 4) is 0 Å². The molecule has 1 atom stereocenters. The maximum atomic E-state index is 6.02. The molecule has 0 spiro atoms. The molecule has 2 heterocycles. The summed E-state index contributed by atoms with van der Waals surface area (Å²) < 4.78 is 1.91. The number of para-hydroxylation sites is 1. The number of rotatable bonds is 1. The molecule has 1 aromatic carbocycles. The van der Waals surface area contributed by atoms with Gasteiger partial charge in [-0.05, 0) is 38.3 Å². The summed E-state index contributed by atoms with van der Waals surface area (Å²) in [5.74, 6) is 1.49. The van der Waals surface area contributed by atoms with Crippen LogP contribution in [0.4, 0.5) is 17.5 Å². The number of hydrogen-bond acceptors (Lipinski definition) is 3. The minimum absolute atomic E-state index is 0. The van der Waals surface area contributed by atoms with Gasteiger partial charge in [-0.25, -0.2) is 4.57 Å². The number of anilines is 3. The van der Waals surface area contributed by atoms with Gasteiger partial charge in [-0.2, -0.15) is 0 Å².